The first-order valence-corrected chi connectivity index (χ1v) is 6.75. The highest BCUT2D eigenvalue weighted by atomic mass is 16.3. The summed E-state index contributed by atoms with van der Waals surface area (Å²) >= 11 is 0. The third-order valence-corrected chi connectivity index (χ3v) is 3.67. The average molecular weight is 245 g/mol. The Kier molecular flexibility index (Phi) is 3.76. The minimum Gasteiger partial charge on any atom is -0.461 e. The molecule has 0 fully saturated rings. The van der Waals surface area contributed by atoms with E-state index in [0.717, 1.165) is 30.7 Å². The highest BCUT2D eigenvalue weighted by molar-refractivity contribution is 5.83. The van der Waals surface area contributed by atoms with Crippen LogP contribution in [-0.2, 0) is 11.8 Å². The Hall–Kier alpha value is -1.28. The van der Waals surface area contributed by atoms with Crippen molar-refractivity contribution < 1.29 is 4.42 Å². The quantitative estimate of drug-likeness (QED) is 0.864. The van der Waals surface area contributed by atoms with E-state index in [1.54, 1.807) is 0 Å². The number of hydrogen-bond acceptors (Lipinski definition) is 2. The van der Waals surface area contributed by atoms with Crippen LogP contribution in [0.5, 0.6) is 0 Å². The topological polar surface area (TPSA) is 25.2 Å². The molecule has 0 aliphatic heterocycles. The van der Waals surface area contributed by atoms with Crippen LogP contribution in [0.25, 0.3) is 11.0 Å². The van der Waals surface area contributed by atoms with E-state index in [9.17, 15) is 0 Å². The van der Waals surface area contributed by atoms with Crippen LogP contribution >= 0.6 is 0 Å². The highest BCUT2D eigenvalue weighted by Gasteiger charge is 2.27. The summed E-state index contributed by atoms with van der Waals surface area (Å²) in [6, 6.07) is 8.37. The van der Waals surface area contributed by atoms with E-state index in [0.29, 0.717) is 0 Å². The van der Waals surface area contributed by atoms with Gasteiger partial charge < -0.3 is 9.73 Å². The second-order valence-electron chi connectivity index (χ2n) is 5.49. The minimum atomic E-state index is 0.140. The molecule has 0 spiro atoms. The van der Waals surface area contributed by atoms with Gasteiger partial charge in [0, 0.05) is 17.4 Å². The number of aryl methyl sites for hydroxylation is 1. The molecule has 0 aliphatic rings. The van der Waals surface area contributed by atoms with Crippen molar-refractivity contribution in [3.8, 4) is 0 Å². The zero-order valence-electron chi connectivity index (χ0n) is 11.8. The van der Waals surface area contributed by atoms with Crippen LogP contribution in [-0.4, -0.2) is 13.6 Å². The van der Waals surface area contributed by atoms with Gasteiger partial charge in [0.15, 0.2) is 0 Å². The first-order valence-electron chi connectivity index (χ1n) is 6.75. The van der Waals surface area contributed by atoms with Crippen LogP contribution in [0.1, 0.15) is 38.5 Å². The van der Waals surface area contributed by atoms with E-state index in [-0.39, 0.29) is 5.41 Å². The summed E-state index contributed by atoms with van der Waals surface area (Å²) in [5, 5.41) is 4.51. The monoisotopic (exact) mass is 245 g/mol. The third kappa shape index (κ3) is 2.30. The normalized spacial score (nSPS) is 12.2. The number of hydrogen-bond donors (Lipinski definition) is 1. The molecule has 1 aromatic carbocycles. The predicted octanol–water partition coefficient (Wildman–Crippen LogP) is 3.88. The molecule has 0 amide bonds. The van der Waals surface area contributed by atoms with E-state index in [1.165, 1.54) is 10.9 Å². The SMILES string of the molecule is CCc1oc2ccccc2c1C(C)(C)CCNC. The molecule has 2 heteroatoms. The smallest absolute Gasteiger partial charge is 0.134 e. The molecule has 18 heavy (non-hydrogen) atoms. The Morgan fingerprint density at radius 2 is 1.94 bits per heavy atom. The van der Waals surface area contributed by atoms with Crippen molar-refractivity contribution in [1.29, 1.82) is 0 Å². The van der Waals surface area contributed by atoms with Gasteiger partial charge in [-0.2, -0.15) is 0 Å². The first-order chi connectivity index (χ1) is 8.60. The van der Waals surface area contributed by atoms with E-state index >= 15 is 0 Å². The van der Waals surface area contributed by atoms with Crippen LogP contribution < -0.4 is 5.32 Å². The number of nitrogens with one attached hydrogen (secondary N) is 1. The van der Waals surface area contributed by atoms with Gasteiger partial charge in [0.2, 0.25) is 0 Å². The number of para-hydroxylation sites is 1. The lowest BCUT2D eigenvalue weighted by Crippen LogP contribution is -2.24. The van der Waals surface area contributed by atoms with E-state index < -0.39 is 0 Å². The maximum Gasteiger partial charge on any atom is 0.134 e. The molecule has 1 heterocycles. The molecule has 0 bridgehead atoms. The molecule has 0 radical (unpaired) electrons. The first kappa shape index (κ1) is 13.2. The van der Waals surface area contributed by atoms with Crippen molar-refractivity contribution >= 4 is 11.0 Å². The molecule has 2 nitrogen and oxygen atoms in total. The molecular formula is C16H23NO. The summed E-state index contributed by atoms with van der Waals surface area (Å²) in [5.74, 6) is 1.14. The number of furan rings is 1. The van der Waals surface area contributed by atoms with Gasteiger partial charge in [-0.15, -0.1) is 0 Å². The van der Waals surface area contributed by atoms with Gasteiger partial charge in [0.05, 0.1) is 0 Å². The largest absolute Gasteiger partial charge is 0.461 e. The Labute approximate surface area is 109 Å². The summed E-state index contributed by atoms with van der Waals surface area (Å²) in [6.07, 6.45) is 2.06. The summed E-state index contributed by atoms with van der Waals surface area (Å²) in [7, 11) is 2.00. The lowest BCUT2D eigenvalue weighted by molar-refractivity contribution is 0.449. The molecular weight excluding hydrogens is 222 g/mol. The number of benzene rings is 1. The fourth-order valence-electron chi connectivity index (χ4n) is 2.65. The third-order valence-electron chi connectivity index (χ3n) is 3.67. The minimum absolute atomic E-state index is 0.140. The summed E-state index contributed by atoms with van der Waals surface area (Å²) < 4.78 is 5.99. The second kappa shape index (κ2) is 5.15. The zero-order valence-corrected chi connectivity index (χ0v) is 11.8. The molecule has 1 N–H and O–H groups in total. The lowest BCUT2D eigenvalue weighted by atomic mass is 9.79. The highest BCUT2D eigenvalue weighted by Crippen LogP contribution is 2.37. The van der Waals surface area contributed by atoms with Gasteiger partial charge >= 0.3 is 0 Å². The lowest BCUT2D eigenvalue weighted by Gasteiger charge is -2.25. The van der Waals surface area contributed by atoms with Gasteiger partial charge in [0.1, 0.15) is 11.3 Å². The van der Waals surface area contributed by atoms with Gasteiger partial charge in [0.25, 0.3) is 0 Å². The van der Waals surface area contributed by atoms with E-state index in [2.05, 4.69) is 44.3 Å². The van der Waals surface area contributed by atoms with Gasteiger partial charge in [-0.25, -0.2) is 0 Å². The maximum absolute atomic E-state index is 5.99. The molecule has 0 atom stereocenters. The molecule has 0 unspecified atom stereocenters. The van der Waals surface area contributed by atoms with Crippen molar-refractivity contribution in [2.45, 2.75) is 39.0 Å². The summed E-state index contributed by atoms with van der Waals surface area (Å²) in [5.41, 5.74) is 2.54. The average Bonchev–Trinajstić information content (AvgIpc) is 2.75. The Bertz CT molecular complexity index is 525. The Morgan fingerprint density at radius 1 is 1.22 bits per heavy atom. The molecule has 1 aromatic heterocycles. The molecule has 98 valence electrons. The van der Waals surface area contributed by atoms with Crippen LogP contribution in [0.4, 0.5) is 0 Å². The zero-order chi connectivity index (χ0) is 13.2. The van der Waals surface area contributed by atoms with Crippen molar-refractivity contribution in [2.75, 3.05) is 13.6 Å². The Morgan fingerprint density at radius 3 is 2.61 bits per heavy atom. The fraction of sp³-hybridized carbons (Fsp3) is 0.500. The van der Waals surface area contributed by atoms with Gasteiger partial charge in [-0.1, -0.05) is 39.0 Å². The van der Waals surface area contributed by atoms with Crippen LogP contribution in [0, 0.1) is 0 Å². The van der Waals surface area contributed by atoms with Crippen LogP contribution in [0.15, 0.2) is 28.7 Å². The second-order valence-corrected chi connectivity index (χ2v) is 5.49. The molecule has 2 aromatic rings. The van der Waals surface area contributed by atoms with Crippen molar-refractivity contribution in [1.82, 2.24) is 5.32 Å². The summed E-state index contributed by atoms with van der Waals surface area (Å²) in [4.78, 5) is 0. The fourth-order valence-corrected chi connectivity index (χ4v) is 2.65. The van der Waals surface area contributed by atoms with E-state index in [1.807, 2.05) is 13.1 Å². The molecule has 0 saturated carbocycles. The van der Waals surface area contributed by atoms with Gasteiger partial charge in [-0.3, -0.25) is 0 Å². The van der Waals surface area contributed by atoms with Crippen molar-refractivity contribution in [2.24, 2.45) is 0 Å². The maximum atomic E-state index is 5.99. The molecule has 2 rings (SSSR count). The standard InChI is InChI=1S/C16H23NO/c1-5-13-15(16(2,3)10-11-17-4)12-8-6-7-9-14(12)18-13/h6-9,17H,5,10-11H2,1-4H3. The number of rotatable bonds is 5. The van der Waals surface area contributed by atoms with Crippen LogP contribution in [0.3, 0.4) is 0 Å². The number of fused-ring (bicyclic) bond motifs is 1. The van der Waals surface area contributed by atoms with Gasteiger partial charge in [-0.05, 0) is 31.5 Å². The van der Waals surface area contributed by atoms with Crippen LogP contribution in [0.2, 0.25) is 0 Å². The molecule has 0 saturated heterocycles. The predicted molar refractivity (Wildman–Crippen MR) is 77.2 cm³/mol. The van der Waals surface area contributed by atoms with Crippen molar-refractivity contribution in [3.63, 3.8) is 0 Å². The molecule has 0 aliphatic carbocycles. The Balaban J connectivity index is 2.53. The van der Waals surface area contributed by atoms with Crippen molar-refractivity contribution in [3.05, 3.63) is 35.6 Å². The summed E-state index contributed by atoms with van der Waals surface area (Å²) in [6.45, 7) is 7.80. The van der Waals surface area contributed by atoms with E-state index in [4.69, 9.17) is 4.42 Å².